The van der Waals surface area contributed by atoms with Crippen LogP contribution in [-0.2, 0) is 30.4 Å². The number of carbonyl (C=O) groups excluding carboxylic acids is 3. The second-order valence-electron chi connectivity index (χ2n) is 10.9. The number of rotatable bonds is 8. The molecule has 1 N–H and O–H groups in total. The highest BCUT2D eigenvalue weighted by molar-refractivity contribution is 5.97. The zero-order chi connectivity index (χ0) is 27.2. The number of esters is 1. The number of carbonyl (C=O) groups is 3. The van der Waals surface area contributed by atoms with Gasteiger partial charge in [0.05, 0.1) is 25.5 Å². The molecular weight excluding hydrogens is 494 g/mol. The van der Waals surface area contributed by atoms with Crippen LogP contribution in [0.3, 0.4) is 0 Å². The molecular formula is C31H37N3O5. The lowest BCUT2D eigenvalue weighted by atomic mass is 9.82. The Balaban J connectivity index is 1.26. The van der Waals surface area contributed by atoms with Gasteiger partial charge >= 0.3 is 5.97 Å². The zero-order valence-corrected chi connectivity index (χ0v) is 22.5. The Kier molecular flexibility index (Phi) is 8.59. The first-order valence-corrected chi connectivity index (χ1v) is 14.1. The van der Waals surface area contributed by atoms with Crippen molar-refractivity contribution in [3.05, 3.63) is 71.3 Å². The van der Waals surface area contributed by atoms with Gasteiger partial charge in [-0.25, -0.2) is 5.01 Å². The molecule has 2 fully saturated rings. The van der Waals surface area contributed by atoms with E-state index < -0.39 is 0 Å². The van der Waals surface area contributed by atoms with E-state index in [1.54, 1.807) is 0 Å². The number of amides is 2. The van der Waals surface area contributed by atoms with Gasteiger partial charge in [0, 0.05) is 11.6 Å². The summed E-state index contributed by atoms with van der Waals surface area (Å²) in [6.45, 7) is 0.291. The smallest absolute Gasteiger partial charge is 0.308 e. The number of methoxy groups -OCH3 is 1. The van der Waals surface area contributed by atoms with E-state index in [1.807, 2.05) is 54.6 Å². The molecule has 2 saturated carbocycles. The van der Waals surface area contributed by atoms with Gasteiger partial charge in [-0.15, -0.1) is 5.10 Å². The minimum Gasteiger partial charge on any atom is -0.469 e. The molecule has 0 aromatic heterocycles. The van der Waals surface area contributed by atoms with E-state index in [9.17, 15) is 14.4 Å². The zero-order valence-electron chi connectivity index (χ0n) is 22.5. The summed E-state index contributed by atoms with van der Waals surface area (Å²) in [5.74, 6) is 0.233. The van der Waals surface area contributed by atoms with E-state index in [0.29, 0.717) is 18.4 Å². The van der Waals surface area contributed by atoms with Crippen LogP contribution in [0.1, 0.15) is 74.0 Å². The third-order valence-electron chi connectivity index (χ3n) is 8.29. The van der Waals surface area contributed by atoms with Crippen LogP contribution in [0.25, 0.3) is 0 Å². The largest absolute Gasteiger partial charge is 0.469 e. The van der Waals surface area contributed by atoms with E-state index in [-0.39, 0.29) is 42.3 Å². The van der Waals surface area contributed by atoms with Crippen molar-refractivity contribution in [3.8, 4) is 0 Å². The maximum atomic E-state index is 13.6. The van der Waals surface area contributed by atoms with Gasteiger partial charge in [0.1, 0.15) is 0 Å². The number of nitrogens with zero attached hydrogens (tertiary/aromatic N) is 2. The summed E-state index contributed by atoms with van der Waals surface area (Å²) < 4.78 is 10.5. The van der Waals surface area contributed by atoms with Crippen LogP contribution in [0.15, 0.2) is 59.7 Å². The summed E-state index contributed by atoms with van der Waals surface area (Å²) >= 11 is 0. The second kappa shape index (κ2) is 12.5. The number of hydrogen-bond acceptors (Lipinski definition) is 6. The molecule has 39 heavy (non-hydrogen) atoms. The number of hydrogen-bond donors (Lipinski definition) is 1. The summed E-state index contributed by atoms with van der Waals surface area (Å²) in [7, 11) is 1.43. The maximum Gasteiger partial charge on any atom is 0.308 e. The van der Waals surface area contributed by atoms with E-state index in [1.165, 1.54) is 12.1 Å². The van der Waals surface area contributed by atoms with Crippen LogP contribution in [0.2, 0.25) is 0 Å². The Morgan fingerprint density at radius 1 is 1.00 bits per heavy atom. The lowest BCUT2D eigenvalue weighted by Gasteiger charge is -2.30. The average Bonchev–Trinajstić information content (AvgIpc) is 3.50. The van der Waals surface area contributed by atoms with Crippen LogP contribution < -0.4 is 5.32 Å². The molecule has 1 atom stereocenters. The van der Waals surface area contributed by atoms with Crippen LogP contribution in [0.5, 0.6) is 0 Å². The average molecular weight is 532 g/mol. The Morgan fingerprint density at radius 2 is 1.69 bits per heavy atom. The molecule has 2 aromatic rings. The predicted octanol–water partition coefficient (Wildman–Crippen LogP) is 4.53. The van der Waals surface area contributed by atoms with Gasteiger partial charge in [-0.05, 0) is 67.7 Å². The molecule has 5 rings (SSSR count). The number of ether oxygens (including phenoxy) is 2. The highest BCUT2D eigenvalue weighted by Gasteiger charge is 2.34. The summed E-state index contributed by atoms with van der Waals surface area (Å²) in [4.78, 5) is 38.0. The van der Waals surface area contributed by atoms with Crippen LogP contribution >= 0.6 is 0 Å². The molecule has 206 valence electrons. The first-order valence-electron chi connectivity index (χ1n) is 14.1. The molecule has 1 unspecified atom stereocenters. The molecule has 2 amide bonds. The van der Waals surface area contributed by atoms with Crippen LogP contribution in [-0.4, -0.2) is 48.4 Å². The fraction of sp³-hybridized carbons (Fsp3) is 0.484. The summed E-state index contributed by atoms with van der Waals surface area (Å²) in [5, 5.41) is 9.20. The highest BCUT2D eigenvalue weighted by Crippen LogP contribution is 2.38. The van der Waals surface area contributed by atoms with Crippen molar-refractivity contribution < 1.29 is 23.9 Å². The standard InChI is InChI=1S/C31H37N3O5/c1-38-31(37)25-15-17-26(18-16-25)32-29(36)28(22-7-5-6-8-22)23-13-11-21(12-14-23)19-34-27(35)20-39-30(33-34)24-9-3-2-4-10-24/h2-4,9-14,22,25-26,28H,5-8,15-20H2,1H3,(H,32,36). The Bertz CT molecular complexity index is 1180. The van der Waals surface area contributed by atoms with Crippen molar-refractivity contribution in [1.29, 1.82) is 0 Å². The Labute approximate surface area is 229 Å². The maximum absolute atomic E-state index is 13.6. The SMILES string of the molecule is COC(=O)C1CCC(NC(=O)C(c2ccc(CN3N=C(c4ccccc4)OCC3=O)cc2)C2CCCC2)CC1. The van der Waals surface area contributed by atoms with Gasteiger partial charge in [0.15, 0.2) is 6.61 Å². The lowest BCUT2D eigenvalue weighted by molar-refractivity contribution is -0.146. The number of nitrogens with one attached hydrogen (secondary N) is 1. The van der Waals surface area contributed by atoms with E-state index in [2.05, 4.69) is 10.4 Å². The fourth-order valence-corrected chi connectivity index (χ4v) is 6.11. The summed E-state index contributed by atoms with van der Waals surface area (Å²) in [6, 6.07) is 17.7. The molecule has 8 nitrogen and oxygen atoms in total. The van der Waals surface area contributed by atoms with Crippen molar-refractivity contribution in [1.82, 2.24) is 10.3 Å². The van der Waals surface area contributed by atoms with Gasteiger partial charge in [-0.1, -0.05) is 55.3 Å². The van der Waals surface area contributed by atoms with E-state index in [0.717, 1.165) is 68.1 Å². The minimum absolute atomic E-state index is 0.0444. The Hall–Kier alpha value is -3.68. The lowest BCUT2D eigenvalue weighted by Crippen LogP contribution is -2.42. The number of hydrazone groups is 1. The molecule has 2 aliphatic carbocycles. The molecule has 8 heteroatoms. The second-order valence-corrected chi connectivity index (χ2v) is 10.9. The molecule has 0 saturated heterocycles. The third-order valence-corrected chi connectivity index (χ3v) is 8.29. The molecule has 0 radical (unpaired) electrons. The molecule has 0 spiro atoms. The molecule has 3 aliphatic rings. The topological polar surface area (TPSA) is 97.3 Å². The predicted molar refractivity (Wildman–Crippen MR) is 147 cm³/mol. The van der Waals surface area contributed by atoms with Crippen LogP contribution in [0.4, 0.5) is 0 Å². The van der Waals surface area contributed by atoms with E-state index in [4.69, 9.17) is 9.47 Å². The quantitative estimate of drug-likeness (QED) is 0.505. The van der Waals surface area contributed by atoms with Gasteiger partial charge < -0.3 is 14.8 Å². The summed E-state index contributed by atoms with van der Waals surface area (Å²) in [5.41, 5.74) is 2.78. The van der Waals surface area contributed by atoms with Gasteiger partial charge in [0.2, 0.25) is 11.8 Å². The molecule has 1 heterocycles. The van der Waals surface area contributed by atoms with Crippen LogP contribution in [0, 0.1) is 11.8 Å². The normalized spacial score (nSPS) is 22.5. The summed E-state index contributed by atoms with van der Waals surface area (Å²) in [6.07, 6.45) is 7.48. The molecule has 1 aliphatic heterocycles. The number of benzene rings is 2. The first kappa shape index (κ1) is 26.9. The highest BCUT2D eigenvalue weighted by atomic mass is 16.5. The van der Waals surface area contributed by atoms with Gasteiger partial charge in [0.25, 0.3) is 5.91 Å². The molecule has 2 aromatic carbocycles. The van der Waals surface area contributed by atoms with Crippen molar-refractivity contribution in [2.24, 2.45) is 16.9 Å². The van der Waals surface area contributed by atoms with Crippen molar-refractivity contribution in [2.45, 2.75) is 69.9 Å². The van der Waals surface area contributed by atoms with Crippen molar-refractivity contribution in [2.75, 3.05) is 13.7 Å². The van der Waals surface area contributed by atoms with Gasteiger partial charge in [-0.2, -0.15) is 0 Å². The Morgan fingerprint density at radius 3 is 2.36 bits per heavy atom. The minimum atomic E-state index is -0.201. The third kappa shape index (κ3) is 6.49. The van der Waals surface area contributed by atoms with Gasteiger partial charge in [-0.3, -0.25) is 14.4 Å². The van der Waals surface area contributed by atoms with E-state index >= 15 is 0 Å². The monoisotopic (exact) mass is 531 g/mol. The van der Waals surface area contributed by atoms with Crippen molar-refractivity contribution in [3.63, 3.8) is 0 Å². The fourth-order valence-electron chi connectivity index (χ4n) is 6.11. The molecule has 0 bridgehead atoms. The first-order chi connectivity index (χ1) is 19.0. The van der Waals surface area contributed by atoms with Crippen molar-refractivity contribution >= 4 is 23.7 Å².